The lowest BCUT2D eigenvalue weighted by Gasteiger charge is -2.06. The van der Waals surface area contributed by atoms with Crippen LogP contribution in [0.4, 0.5) is 11.4 Å². The van der Waals surface area contributed by atoms with Gasteiger partial charge in [0.2, 0.25) is 0 Å². The minimum atomic E-state index is -0.154. The number of anilines is 2. The molecule has 35 heavy (non-hydrogen) atoms. The van der Waals surface area contributed by atoms with E-state index >= 15 is 0 Å². The van der Waals surface area contributed by atoms with E-state index in [0.29, 0.717) is 28.3 Å². The molecule has 2 aromatic heterocycles. The van der Waals surface area contributed by atoms with E-state index in [1.54, 1.807) is 24.3 Å². The van der Waals surface area contributed by atoms with Gasteiger partial charge in [-0.1, -0.05) is 24.3 Å². The first kappa shape index (κ1) is 23.7. The summed E-state index contributed by atoms with van der Waals surface area (Å²) in [6, 6.07) is 23.9. The van der Waals surface area contributed by atoms with Gasteiger partial charge >= 0.3 is 0 Å². The topological polar surface area (TPSA) is 86.9 Å². The molecule has 6 nitrogen and oxygen atoms in total. The molecule has 0 aliphatic rings. The third-order valence-corrected chi connectivity index (χ3v) is 5.66. The number of nitrogens with one attached hydrogen (secondary N) is 3. The van der Waals surface area contributed by atoms with Gasteiger partial charge in [0.05, 0.1) is 16.6 Å². The highest BCUT2D eigenvalue weighted by atomic mass is 32.1. The Morgan fingerprint density at radius 3 is 2.23 bits per heavy atom. The van der Waals surface area contributed by atoms with Crippen molar-refractivity contribution in [3.05, 3.63) is 113 Å². The smallest absolute Gasteiger partial charge is 0.256 e. The number of carbonyl (C=O) groups is 2. The summed E-state index contributed by atoms with van der Waals surface area (Å²) in [5.41, 5.74) is 5.16. The Bertz CT molecular complexity index is 1440. The monoisotopic (exact) mass is 480 g/mol. The lowest BCUT2D eigenvalue weighted by atomic mass is 10.1. The van der Waals surface area contributed by atoms with Crippen LogP contribution in [0.1, 0.15) is 27.6 Å². The molecule has 0 radical (unpaired) electrons. The molecule has 0 unspecified atom stereocenters. The highest BCUT2D eigenvalue weighted by molar-refractivity contribution is 7.08. The van der Waals surface area contributed by atoms with Crippen molar-refractivity contribution in [1.29, 1.82) is 0 Å². The molecule has 174 valence electrons. The summed E-state index contributed by atoms with van der Waals surface area (Å²) in [5.74, 6) is 0.417. The zero-order valence-corrected chi connectivity index (χ0v) is 19.9. The number of hydrogen-bond donors (Lipinski definition) is 3. The highest BCUT2D eigenvalue weighted by Crippen LogP contribution is 2.24. The Kier molecular flexibility index (Phi) is 7.50. The maximum Gasteiger partial charge on any atom is 0.256 e. The minimum absolute atomic E-state index is 0.140. The molecule has 3 N–H and O–H groups in total. The fourth-order valence-electron chi connectivity index (χ4n) is 3.33. The molecule has 0 bridgehead atoms. The third-order valence-electron chi connectivity index (χ3n) is 4.98. The summed E-state index contributed by atoms with van der Waals surface area (Å²) in [5, 5.41) is 9.48. The van der Waals surface area contributed by atoms with Crippen molar-refractivity contribution in [3.63, 3.8) is 0 Å². The SMILES string of the molecule is C=CC.O=C(Nc1ccc(-c2nc3ccc(NC(=O)c4ccsc4)cc3[nH]2)cc1)c1ccccc1. The van der Waals surface area contributed by atoms with Gasteiger partial charge in [0.1, 0.15) is 5.82 Å². The van der Waals surface area contributed by atoms with Gasteiger partial charge in [-0.05, 0) is 73.0 Å². The number of benzene rings is 3. The van der Waals surface area contributed by atoms with Crippen LogP contribution in [-0.2, 0) is 0 Å². The number of amides is 2. The zero-order chi connectivity index (χ0) is 24.6. The fraction of sp³-hybridized carbons (Fsp3) is 0.0357. The molecule has 5 rings (SSSR count). The van der Waals surface area contributed by atoms with Crippen molar-refractivity contribution >= 4 is 45.6 Å². The van der Waals surface area contributed by atoms with Gasteiger partial charge in [-0.2, -0.15) is 11.3 Å². The maximum absolute atomic E-state index is 12.3. The number of thiophene rings is 1. The van der Waals surface area contributed by atoms with E-state index in [0.717, 1.165) is 16.6 Å². The van der Waals surface area contributed by atoms with E-state index in [1.807, 2.05) is 78.3 Å². The molecule has 5 aromatic rings. The van der Waals surface area contributed by atoms with Crippen molar-refractivity contribution in [2.24, 2.45) is 0 Å². The maximum atomic E-state index is 12.3. The molecular formula is C28H24N4O2S. The summed E-state index contributed by atoms with van der Waals surface area (Å²) in [7, 11) is 0. The third kappa shape index (κ3) is 5.90. The largest absolute Gasteiger partial charge is 0.338 e. The van der Waals surface area contributed by atoms with Gasteiger partial charge in [0.15, 0.2) is 0 Å². The number of fused-ring (bicyclic) bond motifs is 1. The average molecular weight is 481 g/mol. The van der Waals surface area contributed by atoms with Gasteiger partial charge in [-0.25, -0.2) is 4.98 Å². The number of nitrogens with zero attached hydrogens (tertiary/aromatic N) is 1. The highest BCUT2D eigenvalue weighted by Gasteiger charge is 2.10. The molecule has 7 heteroatoms. The van der Waals surface area contributed by atoms with Crippen LogP contribution in [0.5, 0.6) is 0 Å². The first-order valence-corrected chi connectivity index (χ1v) is 11.9. The molecule has 3 aromatic carbocycles. The number of H-pyrrole nitrogens is 1. The van der Waals surface area contributed by atoms with Crippen molar-refractivity contribution in [2.45, 2.75) is 6.92 Å². The summed E-state index contributed by atoms with van der Waals surface area (Å²) in [6.07, 6.45) is 1.75. The van der Waals surface area contributed by atoms with E-state index < -0.39 is 0 Å². The second-order valence-corrected chi connectivity index (χ2v) is 8.37. The zero-order valence-electron chi connectivity index (χ0n) is 19.1. The Labute approximate surface area is 207 Å². The number of aromatic nitrogens is 2. The Balaban J connectivity index is 0.000000917. The summed E-state index contributed by atoms with van der Waals surface area (Å²) in [6.45, 7) is 5.25. The van der Waals surface area contributed by atoms with Gasteiger partial charge < -0.3 is 15.6 Å². The number of carbonyl (C=O) groups excluding carboxylic acids is 2. The van der Waals surface area contributed by atoms with Crippen molar-refractivity contribution in [3.8, 4) is 11.4 Å². The molecular weight excluding hydrogens is 456 g/mol. The van der Waals surface area contributed by atoms with E-state index in [1.165, 1.54) is 11.3 Å². The van der Waals surface area contributed by atoms with Crippen LogP contribution >= 0.6 is 11.3 Å². The summed E-state index contributed by atoms with van der Waals surface area (Å²) < 4.78 is 0. The molecule has 2 heterocycles. The van der Waals surface area contributed by atoms with Crippen LogP contribution in [-0.4, -0.2) is 21.8 Å². The fourth-order valence-corrected chi connectivity index (χ4v) is 3.96. The molecule has 0 spiro atoms. The second kappa shape index (κ2) is 11.1. The van der Waals surface area contributed by atoms with Crippen molar-refractivity contribution in [1.82, 2.24) is 9.97 Å². The number of allylic oxidation sites excluding steroid dienone is 1. The lowest BCUT2D eigenvalue weighted by Crippen LogP contribution is -2.11. The van der Waals surface area contributed by atoms with Crippen molar-refractivity contribution < 1.29 is 9.59 Å². The van der Waals surface area contributed by atoms with Gasteiger partial charge in [0, 0.05) is 27.9 Å². The molecule has 0 atom stereocenters. The summed E-state index contributed by atoms with van der Waals surface area (Å²) in [4.78, 5) is 32.5. The van der Waals surface area contributed by atoms with E-state index in [-0.39, 0.29) is 11.8 Å². The second-order valence-electron chi connectivity index (χ2n) is 7.59. The van der Waals surface area contributed by atoms with Gasteiger partial charge in [-0.3, -0.25) is 9.59 Å². The van der Waals surface area contributed by atoms with Crippen LogP contribution < -0.4 is 10.6 Å². The van der Waals surface area contributed by atoms with Gasteiger partial charge in [0.25, 0.3) is 11.8 Å². The quantitative estimate of drug-likeness (QED) is 0.237. The van der Waals surface area contributed by atoms with Crippen LogP contribution in [0.25, 0.3) is 22.4 Å². The standard InChI is InChI=1S/C25H18N4O2S.C3H6/c30-24(17-4-2-1-3-5-17)26-19-8-6-16(7-9-19)23-28-21-11-10-20(14-22(21)29-23)27-25(31)18-12-13-32-15-18;1-3-2/h1-15H,(H,26,30)(H,27,31)(H,28,29);3H,1H2,2H3. The first-order chi connectivity index (χ1) is 17.1. The predicted molar refractivity (Wildman–Crippen MR) is 144 cm³/mol. The lowest BCUT2D eigenvalue weighted by molar-refractivity contribution is 0.101. The molecule has 0 aliphatic carbocycles. The molecule has 0 aliphatic heterocycles. The first-order valence-electron chi connectivity index (χ1n) is 10.9. The number of hydrogen-bond acceptors (Lipinski definition) is 4. The van der Waals surface area contributed by atoms with Crippen LogP contribution in [0, 0.1) is 0 Å². The Hall–Kier alpha value is -4.49. The predicted octanol–water partition coefficient (Wildman–Crippen LogP) is 6.99. The molecule has 2 amide bonds. The number of rotatable bonds is 5. The van der Waals surface area contributed by atoms with E-state index in [2.05, 4.69) is 27.2 Å². The molecule has 0 fully saturated rings. The Morgan fingerprint density at radius 2 is 1.54 bits per heavy atom. The summed E-state index contributed by atoms with van der Waals surface area (Å²) >= 11 is 1.48. The minimum Gasteiger partial charge on any atom is -0.338 e. The average Bonchev–Trinajstić information content (AvgIpc) is 3.56. The van der Waals surface area contributed by atoms with Crippen LogP contribution in [0.15, 0.2) is 102 Å². The molecule has 0 saturated carbocycles. The van der Waals surface area contributed by atoms with E-state index in [4.69, 9.17) is 0 Å². The van der Waals surface area contributed by atoms with Crippen LogP contribution in [0.2, 0.25) is 0 Å². The van der Waals surface area contributed by atoms with Gasteiger partial charge in [-0.15, -0.1) is 6.58 Å². The van der Waals surface area contributed by atoms with Crippen LogP contribution in [0.3, 0.4) is 0 Å². The number of imidazole rings is 1. The Morgan fingerprint density at radius 1 is 0.886 bits per heavy atom. The molecule has 0 saturated heterocycles. The number of aromatic amines is 1. The van der Waals surface area contributed by atoms with E-state index in [9.17, 15) is 9.59 Å². The van der Waals surface area contributed by atoms with Crippen molar-refractivity contribution in [2.75, 3.05) is 10.6 Å². The normalized spacial score (nSPS) is 10.2.